The first-order chi connectivity index (χ1) is 12.3. The van der Waals surface area contributed by atoms with Crippen molar-refractivity contribution in [3.8, 4) is 5.75 Å². The van der Waals surface area contributed by atoms with Gasteiger partial charge in [-0.3, -0.25) is 9.69 Å². The molecule has 2 rings (SSSR count). The molecule has 1 aliphatic heterocycles. The number of carbonyl (C=O) groups is 2. The number of urea groups is 1. The summed E-state index contributed by atoms with van der Waals surface area (Å²) >= 11 is 0. The lowest BCUT2D eigenvalue weighted by Crippen LogP contribution is -2.51. The highest BCUT2D eigenvalue weighted by atomic mass is 19.4. The minimum atomic E-state index is -4.76. The van der Waals surface area contributed by atoms with Crippen molar-refractivity contribution in [3.63, 3.8) is 0 Å². The standard InChI is InChI=1S/C16H20F3N3O4/c1-2-25-14(23)11-21-7-9-22(10-8-21)15(24)20-12-3-5-13(6-4-12)26-16(17,18)19/h3-6H,2,7-11H2,1H3,(H,20,24). The van der Waals surface area contributed by atoms with E-state index in [0.717, 1.165) is 12.1 Å². The second-order valence-corrected chi connectivity index (χ2v) is 5.57. The number of ether oxygens (including phenoxy) is 2. The lowest BCUT2D eigenvalue weighted by atomic mass is 10.3. The molecule has 1 saturated heterocycles. The largest absolute Gasteiger partial charge is 0.573 e. The molecule has 1 N–H and O–H groups in total. The van der Waals surface area contributed by atoms with Crippen molar-refractivity contribution in [2.75, 3.05) is 44.6 Å². The first-order valence-electron chi connectivity index (χ1n) is 8.06. The molecule has 0 radical (unpaired) electrons. The molecule has 2 amide bonds. The van der Waals surface area contributed by atoms with Crippen LogP contribution >= 0.6 is 0 Å². The average molecular weight is 375 g/mol. The molecule has 1 aromatic rings. The van der Waals surface area contributed by atoms with Crippen LogP contribution in [0.15, 0.2) is 24.3 Å². The Labute approximate surface area is 148 Å². The minimum absolute atomic E-state index is 0.184. The van der Waals surface area contributed by atoms with Gasteiger partial charge in [-0.2, -0.15) is 0 Å². The van der Waals surface area contributed by atoms with E-state index >= 15 is 0 Å². The summed E-state index contributed by atoms with van der Waals surface area (Å²) in [4.78, 5) is 27.1. The van der Waals surface area contributed by atoms with Crippen LogP contribution in [0.3, 0.4) is 0 Å². The summed E-state index contributed by atoms with van der Waals surface area (Å²) in [6.07, 6.45) is -4.76. The van der Waals surface area contributed by atoms with Gasteiger partial charge in [0.2, 0.25) is 0 Å². The van der Waals surface area contributed by atoms with Crippen molar-refractivity contribution in [1.82, 2.24) is 9.80 Å². The van der Waals surface area contributed by atoms with E-state index in [-0.39, 0.29) is 24.3 Å². The number of piperazine rings is 1. The van der Waals surface area contributed by atoms with Crippen LogP contribution in [0, 0.1) is 0 Å². The first-order valence-corrected chi connectivity index (χ1v) is 8.06. The van der Waals surface area contributed by atoms with Crippen molar-refractivity contribution < 1.29 is 32.2 Å². The maximum Gasteiger partial charge on any atom is 0.573 e. The highest BCUT2D eigenvalue weighted by Gasteiger charge is 2.31. The average Bonchev–Trinajstić information content (AvgIpc) is 2.56. The van der Waals surface area contributed by atoms with E-state index in [2.05, 4.69) is 10.1 Å². The molecule has 1 heterocycles. The van der Waals surface area contributed by atoms with Gasteiger partial charge in [-0.15, -0.1) is 13.2 Å². The molecule has 0 atom stereocenters. The number of rotatable bonds is 5. The number of carbonyl (C=O) groups excluding carboxylic acids is 2. The van der Waals surface area contributed by atoms with Crippen LogP contribution in [0.4, 0.5) is 23.7 Å². The number of anilines is 1. The number of benzene rings is 1. The number of amides is 2. The van der Waals surface area contributed by atoms with Crippen LogP contribution in [0.25, 0.3) is 0 Å². The summed E-state index contributed by atoms with van der Waals surface area (Å²) in [7, 11) is 0. The van der Waals surface area contributed by atoms with Crippen molar-refractivity contribution in [2.24, 2.45) is 0 Å². The second kappa shape index (κ2) is 8.75. The molecule has 0 unspecified atom stereocenters. The summed E-state index contributed by atoms with van der Waals surface area (Å²) in [5.74, 6) is -0.658. The normalized spacial score (nSPS) is 15.5. The van der Waals surface area contributed by atoms with Crippen molar-refractivity contribution >= 4 is 17.7 Å². The maximum atomic E-state index is 12.2. The molecule has 1 aromatic carbocycles. The Balaban J connectivity index is 1.79. The molecule has 0 bridgehead atoms. The van der Waals surface area contributed by atoms with Gasteiger partial charge in [-0.05, 0) is 31.2 Å². The molecule has 0 aliphatic carbocycles. The van der Waals surface area contributed by atoms with Crippen molar-refractivity contribution in [3.05, 3.63) is 24.3 Å². The quantitative estimate of drug-likeness (QED) is 0.800. The predicted octanol–water partition coefficient (Wildman–Crippen LogP) is 2.30. The van der Waals surface area contributed by atoms with E-state index in [1.165, 1.54) is 12.1 Å². The van der Waals surface area contributed by atoms with E-state index in [9.17, 15) is 22.8 Å². The van der Waals surface area contributed by atoms with Crippen molar-refractivity contribution in [2.45, 2.75) is 13.3 Å². The van der Waals surface area contributed by atoms with Gasteiger partial charge in [0.05, 0.1) is 13.2 Å². The number of esters is 1. The predicted molar refractivity (Wildman–Crippen MR) is 86.8 cm³/mol. The fraction of sp³-hybridized carbons (Fsp3) is 0.500. The zero-order valence-electron chi connectivity index (χ0n) is 14.2. The summed E-state index contributed by atoms with van der Waals surface area (Å²) in [5.41, 5.74) is 0.360. The summed E-state index contributed by atoms with van der Waals surface area (Å²) in [6.45, 7) is 4.18. The molecular weight excluding hydrogens is 355 g/mol. The summed E-state index contributed by atoms with van der Waals surface area (Å²) < 4.78 is 45.0. The molecular formula is C16H20F3N3O4. The summed E-state index contributed by atoms with van der Waals surface area (Å²) in [5, 5.41) is 2.62. The Bertz CT molecular complexity index is 614. The Morgan fingerprint density at radius 1 is 1.12 bits per heavy atom. The Hall–Kier alpha value is -2.49. The lowest BCUT2D eigenvalue weighted by Gasteiger charge is -2.34. The fourth-order valence-corrected chi connectivity index (χ4v) is 2.44. The molecule has 26 heavy (non-hydrogen) atoms. The maximum absolute atomic E-state index is 12.2. The molecule has 1 aliphatic rings. The highest BCUT2D eigenvalue weighted by molar-refractivity contribution is 5.89. The number of hydrogen-bond donors (Lipinski definition) is 1. The number of hydrogen-bond acceptors (Lipinski definition) is 5. The third-order valence-electron chi connectivity index (χ3n) is 3.66. The number of halogens is 3. The van der Waals surface area contributed by atoms with E-state index in [1.54, 1.807) is 11.8 Å². The Morgan fingerprint density at radius 2 is 1.73 bits per heavy atom. The van der Waals surface area contributed by atoms with Gasteiger partial charge in [0, 0.05) is 31.9 Å². The van der Waals surface area contributed by atoms with Gasteiger partial charge in [0.1, 0.15) is 5.75 Å². The SMILES string of the molecule is CCOC(=O)CN1CCN(C(=O)Nc2ccc(OC(F)(F)F)cc2)CC1. The van der Waals surface area contributed by atoms with Crippen LogP contribution in [-0.2, 0) is 9.53 Å². The lowest BCUT2D eigenvalue weighted by molar-refractivity contribution is -0.274. The second-order valence-electron chi connectivity index (χ2n) is 5.57. The molecule has 0 aromatic heterocycles. The van der Waals surface area contributed by atoms with Crippen LogP contribution in [-0.4, -0.2) is 67.5 Å². The van der Waals surface area contributed by atoms with Crippen LogP contribution in [0.5, 0.6) is 5.75 Å². The van der Waals surface area contributed by atoms with Crippen LogP contribution in [0.1, 0.15) is 6.92 Å². The van der Waals surface area contributed by atoms with Gasteiger partial charge in [-0.25, -0.2) is 4.79 Å². The van der Waals surface area contributed by atoms with E-state index < -0.39 is 6.36 Å². The third kappa shape index (κ3) is 6.43. The zero-order valence-corrected chi connectivity index (χ0v) is 14.2. The van der Waals surface area contributed by atoms with Crippen LogP contribution < -0.4 is 10.1 Å². The summed E-state index contributed by atoms with van der Waals surface area (Å²) in [6, 6.07) is 4.55. The number of nitrogens with zero attached hydrogens (tertiary/aromatic N) is 2. The Kier molecular flexibility index (Phi) is 6.67. The molecule has 0 spiro atoms. The van der Waals surface area contributed by atoms with Crippen LogP contribution in [0.2, 0.25) is 0 Å². The molecule has 10 heteroatoms. The monoisotopic (exact) mass is 375 g/mol. The van der Waals surface area contributed by atoms with Gasteiger partial charge >= 0.3 is 18.4 Å². The molecule has 0 saturated carbocycles. The van der Waals surface area contributed by atoms with E-state index in [4.69, 9.17) is 4.74 Å². The fourth-order valence-electron chi connectivity index (χ4n) is 2.44. The minimum Gasteiger partial charge on any atom is -0.465 e. The van der Waals surface area contributed by atoms with Gasteiger partial charge in [0.25, 0.3) is 0 Å². The smallest absolute Gasteiger partial charge is 0.465 e. The molecule has 1 fully saturated rings. The van der Waals surface area contributed by atoms with Gasteiger partial charge in [0.15, 0.2) is 0 Å². The van der Waals surface area contributed by atoms with E-state index in [0.29, 0.717) is 38.5 Å². The van der Waals surface area contributed by atoms with Crippen molar-refractivity contribution in [1.29, 1.82) is 0 Å². The van der Waals surface area contributed by atoms with E-state index in [1.807, 2.05) is 4.90 Å². The molecule has 7 nitrogen and oxygen atoms in total. The first kappa shape index (κ1) is 19.8. The third-order valence-corrected chi connectivity index (χ3v) is 3.66. The van der Waals surface area contributed by atoms with Gasteiger partial charge < -0.3 is 19.7 Å². The molecule has 144 valence electrons. The number of nitrogens with one attached hydrogen (secondary N) is 1. The topological polar surface area (TPSA) is 71.1 Å². The highest BCUT2D eigenvalue weighted by Crippen LogP contribution is 2.24. The number of alkyl halides is 3. The van der Waals surface area contributed by atoms with Gasteiger partial charge in [-0.1, -0.05) is 0 Å². The Morgan fingerprint density at radius 3 is 2.27 bits per heavy atom. The zero-order chi connectivity index (χ0) is 19.2.